The zero-order chi connectivity index (χ0) is 19.0. The van der Waals surface area contributed by atoms with E-state index in [-0.39, 0.29) is 0 Å². The van der Waals surface area contributed by atoms with E-state index < -0.39 is 0 Å². The van der Waals surface area contributed by atoms with Gasteiger partial charge in [-0.1, -0.05) is 27.7 Å². The van der Waals surface area contributed by atoms with Crippen LogP contribution in [-0.2, 0) is 9.59 Å². The van der Waals surface area contributed by atoms with Crippen LogP contribution in [0.3, 0.4) is 0 Å². The Balaban J connectivity index is 1.33. The van der Waals surface area contributed by atoms with Crippen LogP contribution in [0.4, 0.5) is 0 Å². The molecule has 0 aromatic heterocycles. The molecule has 142 valence electrons. The first-order valence-electron chi connectivity index (χ1n) is 10.0. The van der Waals surface area contributed by atoms with Crippen LogP contribution in [-0.4, -0.2) is 24.7 Å². The van der Waals surface area contributed by atoms with E-state index in [1.807, 2.05) is 13.8 Å². The summed E-state index contributed by atoms with van der Waals surface area (Å²) in [7, 11) is 0. The summed E-state index contributed by atoms with van der Waals surface area (Å²) < 4.78 is 0. The van der Waals surface area contributed by atoms with Gasteiger partial charge < -0.3 is 10.6 Å². The molecular formula is C22H32N2O2. The normalized spacial score (nSPS) is 39.3. The number of allylic oxidation sites excluding steroid dienone is 4. The molecule has 4 rings (SSSR count). The summed E-state index contributed by atoms with van der Waals surface area (Å²) in [5.74, 6) is 2.65. The zero-order valence-corrected chi connectivity index (χ0v) is 17.0. The Labute approximate surface area is 156 Å². The van der Waals surface area contributed by atoms with Crippen LogP contribution in [0.1, 0.15) is 54.4 Å². The molecule has 2 N–H and O–H groups in total. The van der Waals surface area contributed by atoms with Gasteiger partial charge in [-0.2, -0.15) is 0 Å². The molecule has 4 heteroatoms. The lowest BCUT2D eigenvalue weighted by Crippen LogP contribution is -2.28. The van der Waals surface area contributed by atoms with Crippen molar-refractivity contribution in [2.24, 2.45) is 34.5 Å². The zero-order valence-electron chi connectivity index (χ0n) is 17.0. The topological polar surface area (TPSA) is 58.2 Å². The first-order chi connectivity index (χ1) is 12.1. The summed E-state index contributed by atoms with van der Waals surface area (Å²) in [6.07, 6.45) is 1.44. The van der Waals surface area contributed by atoms with E-state index in [9.17, 15) is 9.59 Å². The lowest BCUT2D eigenvalue weighted by atomic mass is 9.95. The Bertz CT molecular complexity index is 692. The molecule has 0 amide bonds. The molecule has 4 aliphatic rings. The number of nitrogens with one attached hydrogen (secondary N) is 2. The van der Waals surface area contributed by atoms with Crippen molar-refractivity contribution in [2.45, 2.75) is 54.4 Å². The van der Waals surface area contributed by atoms with Gasteiger partial charge in [0.15, 0.2) is 11.6 Å². The molecule has 0 aromatic carbocycles. The number of Topliss-reactive ketones (excluding diaryl/α,β-unsaturated/α-hetero) is 2. The van der Waals surface area contributed by atoms with E-state index in [1.165, 1.54) is 0 Å². The molecule has 0 unspecified atom stereocenters. The predicted molar refractivity (Wildman–Crippen MR) is 102 cm³/mol. The van der Waals surface area contributed by atoms with Crippen LogP contribution in [0, 0.1) is 34.5 Å². The second-order valence-electron chi connectivity index (χ2n) is 10.00. The van der Waals surface area contributed by atoms with Gasteiger partial charge in [0.25, 0.3) is 0 Å². The maximum Gasteiger partial charge on any atom is 0.161 e. The summed E-state index contributed by atoms with van der Waals surface area (Å²) in [5, 5.41) is 6.87. The quantitative estimate of drug-likeness (QED) is 0.587. The number of fused-ring (bicyclic) bond motifs is 2. The van der Waals surface area contributed by atoms with E-state index in [1.54, 1.807) is 0 Å². The summed E-state index contributed by atoms with van der Waals surface area (Å²) in [6.45, 7) is 14.7. The maximum absolute atomic E-state index is 12.2. The fourth-order valence-electron chi connectivity index (χ4n) is 5.94. The number of rotatable bonds is 5. The van der Waals surface area contributed by atoms with Gasteiger partial charge >= 0.3 is 0 Å². The van der Waals surface area contributed by atoms with Crippen molar-refractivity contribution in [3.8, 4) is 0 Å². The molecule has 4 fully saturated rings. The van der Waals surface area contributed by atoms with Crippen LogP contribution in [0.5, 0.6) is 0 Å². The highest BCUT2D eigenvalue weighted by molar-refractivity contribution is 6.01. The fourth-order valence-corrected chi connectivity index (χ4v) is 5.94. The fraction of sp³-hybridized carbons (Fsp3) is 0.727. The summed E-state index contributed by atoms with van der Waals surface area (Å²) in [6, 6.07) is 0. The molecule has 4 saturated carbocycles. The van der Waals surface area contributed by atoms with Crippen LogP contribution < -0.4 is 10.6 Å². The minimum atomic E-state index is 0.294. The monoisotopic (exact) mass is 356 g/mol. The smallest absolute Gasteiger partial charge is 0.161 e. The van der Waals surface area contributed by atoms with Crippen molar-refractivity contribution in [1.82, 2.24) is 10.6 Å². The van der Waals surface area contributed by atoms with Gasteiger partial charge in [-0.15, -0.1) is 0 Å². The minimum Gasteiger partial charge on any atom is -0.386 e. The highest BCUT2D eigenvalue weighted by Crippen LogP contribution is 2.68. The van der Waals surface area contributed by atoms with Crippen molar-refractivity contribution < 1.29 is 9.59 Å². The van der Waals surface area contributed by atoms with Crippen LogP contribution in [0.15, 0.2) is 22.5 Å². The summed E-state index contributed by atoms with van der Waals surface area (Å²) >= 11 is 0. The van der Waals surface area contributed by atoms with Crippen molar-refractivity contribution in [1.29, 1.82) is 0 Å². The SMILES string of the molecule is CC(NCCNC(C)=C1C(=O)C[C@@H]2[C@H]1C2(C)C)=C1C(=O)C[C@@H]2[C@H]1C2(C)C. The van der Waals surface area contributed by atoms with E-state index in [2.05, 4.69) is 38.3 Å². The number of ketones is 2. The third kappa shape index (κ3) is 2.40. The van der Waals surface area contributed by atoms with Gasteiger partial charge in [0.05, 0.1) is 0 Å². The minimum absolute atomic E-state index is 0.294. The van der Waals surface area contributed by atoms with Gasteiger partial charge in [-0.05, 0) is 48.3 Å². The van der Waals surface area contributed by atoms with E-state index in [0.29, 0.717) is 46.1 Å². The largest absolute Gasteiger partial charge is 0.386 e. The molecular weight excluding hydrogens is 324 g/mol. The van der Waals surface area contributed by atoms with Gasteiger partial charge in [0.2, 0.25) is 0 Å². The van der Waals surface area contributed by atoms with Crippen LogP contribution in [0.2, 0.25) is 0 Å². The molecule has 0 heterocycles. The maximum atomic E-state index is 12.2. The van der Waals surface area contributed by atoms with Crippen molar-refractivity contribution >= 4 is 11.6 Å². The predicted octanol–water partition coefficient (Wildman–Crippen LogP) is 3.20. The first kappa shape index (κ1) is 17.8. The Morgan fingerprint density at radius 1 is 0.808 bits per heavy atom. The molecule has 0 aliphatic heterocycles. The summed E-state index contributed by atoms with van der Waals surface area (Å²) in [4.78, 5) is 24.5. The molecule has 0 saturated heterocycles. The molecule has 0 aromatic rings. The number of carbonyl (C=O) groups excluding carboxylic acids is 2. The Kier molecular flexibility index (Phi) is 3.74. The lowest BCUT2D eigenvalue weighted by Gasteiger charge is -2.16. The summed E-state index contributed by atoms with van der Waals surface area (Å²) in [5.41, 5.74) is 4.73. The Morgan fingerprint density at radius 2 is 1.15 bits per heavy atom. The number of hydrogen-bond donors (Lipinski definition) is 2. The third-order valence-corrected chi connectivity index (χ3v) is 7.85. The van der Waals surface area contributed by atoms with Crippen molar-refractivity contribution in [2.75, 3.05) is 13.1 Å². The van der Waals surface area contributed by atoms with Crippen molar-refractivity contribution in [3.63, 3.8) is 0 Å². The second-order valence-corrected chi connectivity index (χ2v) is 10.00. The Morgan fingerprint density at radius 3 is 1.46 bits per heavy atom. The third-order valence-electron chi connectivity index (χ3n) is 7.85. The Hall–Kier alpha value is -1.58. The van der Waals surface area contributed by atoms with Gasteiger partial charge in [0.1, 0.15) is 0 Å². The lowest BCUT2D eigenvalue weighted by molar-refractivity contribution is -0.116. The molecule has 0 bridgehead atoms. The molecule has 4 nitrogen and oxygen atoms in total. The molecule has 4 aliphatic carbocycles. The molecule has 0 spiro atoms. The standard InChI is InChI=1S/C22H32N2O2/c1-11(17-15(25)9-13-19(17)21(13,3)4)23-7-8-24-12(2)18-16(26)10-14-20(18)22(14,5)6/h13-14,19-20,23-24H,7-10H2,1-6H3/t13-,14-,19-,20-/m1/s1. The van der Waals surface area contributed by atoms with Crippen LogP contribution >= 0.6 is 0 Å². The van der Waals surface area contributed by atoms with E-state index >= 15 is 0 Å². The second kappa shape index (κ2) is 5.46. The highest BCUT2D eigenvalue weighted by atomic mass is 16.1. The average Bonchev–Trinajstić information content (AvgIpc) is 3.09. The number of carbonyl (C=O) groups is 2. The highest BCUT2D eigenvalue weighted by Gasteiger charge is 2.66. The van der Waals surface area contributed by atoms with E-state index in [0.717, 1.165) is 48.5 Å². The van der Waals surface area contributed by atoms with Gasteiger partial charge in [0, 0.05) is 48.5 Å². The first-order valence-corrected chi connectivity index (χ1v) is 10.0. The van der Waals surface area contributed by atoms with Crippen LogP contribution in [0.25, 0.3) is 0 Å². The molecule has 4 atom stereocenters. The van der Waals surface area contributed by atoms with Gasteiger partial charge in [-0.3, -0.25) is 9.59 Å². The van der Waals surface area contributed by atoms with Crippen molar-refractivity contribution in [3.05, 3.63) is 22.5 Å². The molecule has 0 radical (unpaired) electrons. The van der Waals surface area contributed by atoms with Gasteiger partial charge in [-0.25, -0.2) is 0 Å². The number of hydrogen-bond acceptors (Lipinski definition) is 4. The van der Waals surface area contributed by atoms with E-state index in [4.69, 9.17) is 0 Å². The average molecular weight is 357 g/mol. The molecule has 26 heavy (non-hydrogen) atoms.